The van der Waals surface area contributed by atoms with Gasteiger partial charge in [0.05, 0.1) is 5.56 Å². The molecule has 0 aliphatic carbocycles. The highest BCUT2D eigenvalue weighted by atomic mass is 16.1. The normalized spacial score (nSPS) is 25.3. The van der Waals surface area contributed by atoms with Gasteiger partial charge in [0.15, 0.2) is 0 Å². The van der Waals surface area contributed by atoms with Crippen LogP contribution in [0.1, 0.15) is 42.1 Å². The van der Waals surface area contributed by atoms with Crippen LogP contribution in [0.5, 0.6) is 0 Å². The Morgan fingerprint density at radius 3 is 2.82 bits per heavy atom. The highest BCUT2D eigenvalue weighted by Crippen LogP contribution is 2.26. The third kappa shape index (κ3) is 3.27. The van der Waals surface area contributed by atoms with E-state index in [-0.39, 0.29) is 11.9 Å². The molecule has 4 heteroatoms. The first-order valence-electron chi connectivity index (χ1n) is 8.52. The molecule has 2 heterocycles. The van der Waals surface area contributed by atoms with E-state index in [1.54, 1.807) is 0 Å². The maximum atomic E-state index is 12.8. The third-order valence-electron chi connectivity index (χ3n) is 4.95. The van der Waals surface area contributed by atoms with Gasteiger partial charge >= 0.3 is 0 Å². The van der Waals surface area contributed by atoms with Crippen molar-refractivity contribution in [3.05, 3.63) is 29.3 Å². The smallest absolute Gasteiger partial charge is 0.253 e. The van der Waals surface area contributed by atoms with Crippen LogP contribution in [-0.4, -0.2) is 38.1 Å². The summed E-state index contributed by atoms with van der Waals surface area (Å²) < 4.78 is 0. The number of hydrogen-bond acceptors (Lipinski definition) is 3. The predicted octanol–water partition coefficient (Wildman–Crippen LogP) is 2.32. The maximum Gasteiger partial charge on any atom is 0.253 e. The molecule has 2 saturated heterocycles. The summed E-state index contributed by atoms with van der Waals surface area (Å²) >= 11 is 0. The molecular formula is C18H27N3O. The molecule has 2 N–H and O–H groups in total. The summed E-state index contributed by atoms with van der Waals surface area (Å²) in [5.74, 6) is 0.571. The van der Waals surface area contributed by atoms with Gasteiger partial charge < -0.3 is 15.5 Å². The lowest BCUT2D eigenvalue weighted by Gasteiger charge is -2.31. The first kappa shape index (κ1) is 15.3. The Morgan fingerprint density at radius 2 is 2.09 bits per heavy atom. The number of rotatable bonds is 3. The fourth-order valence-corrected chi connectivity index (χ4v) is 3.54. The molecule has 0 saturated carbocycles. The zero-order valence-electron chi connectivity index (χ0n) is 13.7. The Bertz CT molecular complexity index is 537. The lowest BCUT2D eigenvalue weighted by atomic mass is 9.95. The SMILES string of the molecule is Cc1ccc(N2CCCC2)c(C(=O)NC2CCNCC2C)c1. The van der Waals surface area contributed by atoms with Crippen molar-refractivity contribution in [2.75, 3.05) is 31.1 Å². The first-order chi connectivity index (χ1) is 10.6. The van der Waals surface area contributed by atoms with Crippen LogP contribution in [0.4, 0.5) is 5.69 Å². The van der Waals surface area contributed by atoms with Gasteiger partial charge in [0.1, 0.15) is 0 Å². The Morgan fingerprint density at radius 1 is 1.32 bits per heavy atom. The second-order valence-electron chi connectivity index (χ2n) is 6.76. The zero-order chi connectivity index (χ0) is 15.5. The van der Waals surface area contributed by atoms with Gasteiger partial charge in [-0.15, -0.1) is 0 Å². The van der Waals surface area contributed by atoms with Crippen LogP contribution in [0.25, 0.3) is 0 Å². The van der Waals surface area contributed by atoms with Crippen molar-refractivity contribution in [1.82, 2.24) is 10.6 Å². The molecular weight excluding hydrogens is 274 g/mol. The highest BCUT2D eigenvalue weighted by molar-refractivity contribution is 6.00. The molecule has 0 radical (unpaired) electrons. The molecule has 1 amide bonds. The molecule has 3 rings (SSSR count). The minimum Gasteiger partial charge on any atom is -0.371 e. The molecule has 22 heavy (non-hydrogen) atoms. The zero-order valence-corrected chi connectivity index (χ0v) is 13.7. The van der Waals surface area contributed by atoms with Gasteiger partial charge in [0.25, 0.3) is 5.91 Å². The molecule has 2 fully saturated rings. The van der Waals surface area contributed by atoms with E-state index in [0.717, 1.165) is 49.4 Å². The van der Waals surface area contributed by atoms with E-state index in [2.05, 4.69) is 41.5 Å². The van der Waals surface area contributed by atoms with E-state index in [4.69, 9.17) is 0 Å². The average molecular weight is 301 g/mol. The molecule has 2 aliphatic heterocycles. The Balaban J connectivity index is 1.79. The third-order valence-corrected chi connectivity index (χ3v) is 4.95. The number of carbonyl (C=O) groups excluding carboxylic acids is 1. The Kier molecular flexibility index (Phi) is 4.67. The average Bonchev–Trinajstić information content (AvgIpc) is 3.03. The summed E-state index contributed by atoms with van der Waals surface area (Å²) in [6.45, 7) is 8.35. The van der Waals surface area contributed by atoms with Crippen molar-refractivity contribution in [1.29, 1.82) is 0 Å². The lowest BCUT2D eigenvalue weighted by molar-refractivity contribution is 0.0914. The molecule has 1 aromatic carbocycles. The number of carbonyl (C=O) groups is 1. The molecule has 1 aromatic rings. The summed E-state index contributed by atoms with van der Waals surface area (Å²) in [5.41, 5.74) is 3.08. The summed E-state index contributed by atoms with van der Waals surface area (Å²) in [6.07, 6.45) is 3.46. The molecule has 2 atom stereocenters. The standard InChI is InChI=1S/C18H27N3O/c1-13-5-6-17(21-9-3-4-10-21)15(11-13)18(22)20-16-7-8-19-12-14(16)2/h5-6,11,14,16,19H,3-4,7-10,12H2,1-2H3,(H,20,22). The number of hydrogen-bond donors (Lipinski definition) is 2. The second-order valence-corrected chi connectivity index (χ2v) is 6.76. The minimum absolute atomic E-state index is 0.0874. The molecule has 120 valence electrons. The molecule has 2 unspecified atom stereocenters. The second kappa shape index (κ2) is 6.69. The summed E-state index contributed by atoms with van der Waals surface area (Å²) in [6, 6.07) is 6.54. The van der Waals surface area contributed by atoms with E-state index >= 15 is 0 Å². The minimum atomic E-state index is 0.0874. The highest BCUT2D eigenvalue weighted by Gasteiger charge is 2.25. The fraction of sp³-hybridized carbons (Fsp3) is 0.611. The van der Waals surface area contributed by atoms with Crippen LogP contribution in [0, 0.1) is 12.8 Å². The molecule has 0 bridgehead atoms. The van der Waals surface area contributed by atoms with Crippen molar-refractivity contribution in [3.8, 4) is 0 Å². The molecule has 2 aliphatic rings. The number of benzene rings is 1. The van der Waals surface area contributed by atoms with E-state index in [1.165, 1.54) is 12.8 Å². The molecule has 0 aromatic heterocycles. The topological polar surface area (TPSA) is 44.4 Å². The molecule has 0 spiro atoms. The van der Waals surface area contributed by atoms with Gasteiger partial charge in [-0.1, -0.05) is 18.6 Å². The van der Waals surface area contributed by atoms with Crippen LogP contribution in [0.15, 0.2) is 18.2 Å². The van der Waals surface area contributed by atoms with Crippen molar-refractivity contribution in [2.45, 2.75) is 39.2 Å². The van der Waals surface area contributed by atoms with E-state index in [9.17, 15) is 4.79 Å². The number of piperidine rings is 1. The summed E-state index contributed by atoms with van der Waals surface area (Å²) in [5, 5.41) is 6.65. The number of aryl methyl sites for hydroxylation is 1. The van der Waals surface area contributed by atoms with Crippen molar-refractivity contribution in [3.63, 3.8) is 0 Å². The van der Waals surface area contributed by atoms with Crippen molar-refractivity contribution < 1.29 is 4.79 Å². The Hall–Kier alpha value is -1.55. The number of amides is 1. The van der Waals surface area contributed by atoms with Crippen LogP contribution in [0.3, 0.4) is 0 Å². The van der Waals surface area contributed by atoms with Gasteiger partial charge in [-0.3, -0.25) is 4.79 Å². The quantitative estimate of drug-likeness (QED) is 0.900. The van der Waals surface area contributed by atoms with Crippen LogP contribution in [0.2, 0.25) is 0 Å². The molecule has 4 nitrogen and oxygen atoms in total. The number of anilines is 1. The predicted molar refractivity (Wildman–Crippen MR) is 90.5 cm³/mol. The van der Waals surface area contributed by atoms with Gasteiger partial charge in [0, 0.05) is 24.8 Å². The monoisotopic (exact) mass is 301 g/mol. The van der Waals surface area contributed by atoms with Gasteiger partial charge in [0.2, 0.25) is 0 Å². The van der Waals surface area contributed by atoms with E-state index < -0.39 is 0 Å². The fourth-order valence-electron chi connectivity index (χ4n) is 3.54. The van der Waals surface area contributed by atoms with Gasteiger partial charge in [-0.05, 0) is 57.3 Å². The summed E-state index contributed by atoms with van der Waals surface area (Å²) in [7, 11) is 0. The van der Waals surface area contributed by atoms with Crippen molar-refractivity contribution in [2.24, 2.45) is 5.92 Å². The van der Waals surface area contributed by atoms with E-state index in [1.807, 2.05) is 6.07 Å². The Labute approximate surface area is 133 Å². The lowest BCUT2D eigenvalue weighted by Crippen LogP contribution is -2.48. The summed E-state index contributed by atoms with van der Waals surface area (Å²) in [4.78, 5) is 15.2. The van der Waals surface area contributed by atoms with Crippen LogP contribution >= 0.6 is 0 Å². The largest absolute Gasteiger partial charge is 0.371 e. The maximum absolute atomic E-state index is 12.8. The van der Waals surface area contributed by atoms with Gasteiger partial charge in [-0.2, -0.15) is 0 Å². The van der Waals surface area contributed by atoms with E-state index in [0.29, 0.717) is 5.92 Å². The van der Waals surface area contributed by atoms with Crippen molar-refractivity contribution >= 4 is 11.6 Å². The number of nitrogens with one attached hydrogen (secondary N) is 2. The van der Waals surface area contributed by atoms with Crippen LogP contribution in [-0.2, 0) is 0 Å². The first-order valence-corrected chi connectivity index (χ1v) is 8.52. The van der Waals surface area contributed by atoms with Crippen LogP contribution < -0.4 is 15.5 Å². The van der Waals surface area contributed by atoms with Gasteiger partial charge in [-0.25, -0.2) is 0 Å². The number of nitrogens with zero attached hydrogens (tertiary/aromatic N) is 1.